The molecule has 31 heavy (non-hydrogen) atoms. The van der Waals surface area contributed by atoms with Gasteiger partial charge in [-0.1, -0.05) is 97.1 Å². The zero-order valence-corrected chi connectivity index (χ0v) is 18.1. The van der Waals surface area contributed by atoms with Crippen LogP contribution in [0.1, 0.15) is 11.1 Å². The number of rotatable bonds is 10. The van der Waals surface area contributed by atoms with Crippen LogP contribution in [0.25, 0.3) is 0 Å². The molecule has 0 N–H and O–H groups in total. The molecule has 0 aliphatic heterocycles. The van der Waals surface area contributed by atoms with Crippen LogP contribution in [-0.4, -0.2) is 9.05 Å². The van der Waals surface area contributed by atoms with Crippen molar-refractivity contribution in [3.05, 3.63) is 132 Å². The molecule has 0 unspecified atom stereocenters. The second-order valence-corrected chi connectivity index (χ2v) is 8.86. The molecule has 0 spiro atoms. The average molecular weight is 429 g/mol. The Morgan fingerprint density at radius 2 is 0.742 bits per heavy atom. The summed E-state index contributed by atoms with van der Waals surface area (Å²) in [5, 5.41) is 0. The van der Waals surface area contributed by atoms with Gasteiger partial charge in [0.1, 0.15) is 11.5 Å². The maximum Gasteiger partial charge on any atom is 0.821 e. The molecule has 0 aromatic heterocycles. The van der Waals surface area contributed by atoms with E-state index < -0.39 is 9.05 Å². The Balaban J connectivity index is 1.64. The zero-order chi connectivity index (χ0) is 21.2. The van der Waals surface area contributed by atoms with Crippen molar-refractivity contribution in [3.63, 3.8) is 0 Å². The number of hydrogen-bond acceptors (Lipinski definition) is 4. The molecular weight excluding hydrogens is 404 g/mol. The molecule has 0 heterocycles. The fourth-order valence-electron chi connectivity index (χ4n) is 2.94. The van der Waals surface area contributed by atoms with Gasteiger partial charge in [-0.2, -0.15) is 0 Å². The molecule has 0 fully saturated rings. The van der Waals surface area contributed by atoms with E-state index in [1.54, 1.807) is 0 Å². The van der Waals surface area contributed by atoms with E-state index in [4.69, 9.17) is 17.7 Å². The molecule has 0 amide bonds. The molecule has 5 heteroatoms. The summed E-state index contributed by atoms with van der Waals surface area (Å²) in [6.45, 7) is 0.614. The molecule has 0 radical (unpaired) electrons. The van der Waals surface area contributed by atoms with E-state index >= 15 is 0 Å². The Hall–Kier alpha value is -3.38. The van der Waals surface area contributed by atoms with Crippen LogP contribution in [0, 0.1) is 0 Å². The molecule has 0 aliphatic rings. The zero-order valence-electron chi connectivity index (χ0n) is 17.1. The smallest absolute Gasteiger partial charge is 0.471 e. The van der Waals surface area contributed by atoms with Gasteiger partial charge in [-0.3, -0.25) is 0 Å². The molecule has 4 nitrogen and oxygen atoms in total. The topological polar surface area (TPSA) is 36.9 Å². The van der Waals surface area contributed by atoms with Gasteiger partial charge in [0.2, 0.25) is 0 Å². The van der Waals surface area contributed by atoms with Crippen LogP contribution in [0.2, 0.25) is 0 Å². The summed E-state index contributed by atoms with van der Waals surface area (Å²) in [5.41, 5.74) is 2.02. The van der Waals surface area contributed by atoms with Crippen LogP contribution in [0.4, 0.5) is 0 Å². The summed E-state index contributed by atoms with van der Waals surface area (Å²) >= 11 is 0. The molecule has 4 rings (SSSR count). The molecule has 156 valence electrons. The van der Waals surface area contributed by atoms with E-state index in [-0.39, 0.29) is 0 Å². The van der Waals surface area contributed by atoms with Gasteiger partial charge in [0.05, 0.1) is 13.2 Å². The molecular formula is C26H24O4Si. The van der Waals surface area contributed by atoms with Crippen molar-refractivity contribution >= 4 is 9.05 Å². The Morgan fingerprint density at radius 1 is 0.419 bits per heavy atom. The standard InChI is InChI=1S/C26H24O4Si/c1-5-13-23(14-6-1)21-27-31(29-25-17-9-3-10-18-25,30-26-19-11-4-12-20-26)28-22-24-15-7-2-8-16-24/h1-20H,21-22H2. The van der Waals surface area contributed by atoms with Gasteiger partial charge in [0.15, 0.2) is 0 Å². The first-order chi connectivity index (χ1) is 15.3. The summed E-state index contributed by atoms with van der Waals surface area (Å²) < 4.78 is 25.3. The van der Waals surface area contributed by atoms with Crippen LogP contribution in [0.3, 0.4) is 0 Å². The van der Waals surface area contributed by atoms with Crippen molar-refractivity contribution in [1.29, 1.82) is 0 Å². The largest absolute Gasteiger partial charge is 0.821 e. The lowest BCUT2D eigenvalue weighted by Gasteiger charge is -2.28. The quantitative estimate of drug-likeness (QED) is 0.290. The normalized spacial score (nSPS) is 11.1. The van der Waals surface area contributed by atoms with Crippen LogP contribution >= 0.6 is 0 Å². The van der Waals surface area contributed by atoms with E-state index in [0.29, 0.717) is 24.7 Å². The second-order valence-electron chi connectivity index (χ2n) is 6.88. The SMILES string of the molecule is c1ccc(CO[Si](OCc2ccccc2)(Oc2ccccc2)Oc2ccccc2)cc1. The highest BCUT2D eigenvalue weighted by atomic mass is 28.4. The first kappa shape index (κ1) is 20.9. The van der Waals surface area contributed by atoms with Gasteiger partial charge < -0.3 is 17.7 Å². The van der Waals surface area contributed by atoms with Crippen LogP contribution < -0.4 is 8.85 Å². The van der Waals surface area contributed by atoms with Crippen molar-refractivity contribution in [2.45, 2.75) is 13.2 Å². The third kappa shape index (κ3) is 6.30. The van der Waals surface area contributed by atoms with Gasteiger partial charge in [-0.25, -0.2) is 0 Å². The Bertz CT molecular complexity index is 941. The highest BCUT2D eigenvalue weighted by Gasteiger charge is 2.52. The van der Waals surface area contributed by atoms with Crippen molar-refractivity contribution in [1.82, 2.24) is 0 Å². The first-order valence-electron chi connectivity index (χ1n) is 10.2. The van der Waals surface area contributed by atoms with Gasteiger partial charge in [0, 0.05) is 0 Å². The predicted molar refractivity (Wildman–Crippen MR) is 122 cm³/mol. The first-order valence-corrected chi connectivity index (χ1v) is 11.8. The third-order valence-corrected chi connectivity index (χ3v) is 6.46. The summed E-state index contributed by atoms with van der Waals surface area (Å²) in [6.07, 6.45) is 0. The molecule has 4 aromatic carbocycles. The Kier molecular flexibility index (Phi) is 7.13. The van der Waals surface area contributed by atoms with E-state index in [0.717, 1.165) is 11.1 Å². The maximum absolute atomic E-state index is 6.32. The summed E-state index contributed by atoms with van der Waals surface area (Å²) in [6, 6.07) is 38.8. The Labute approximate surface area is 184 Å². The fraction of sp³-hybridized carbons (Fsp3) is 0.0769. The van der Waals surface area contributed by atoms with Crippen molar-refractivity contribution in [2.75, 3.05) is 0 Å². The van der Waals surface area contributed by atoms with Crippen LogP contribution in [0.15, 0.2) is 121 Å². The van der Waals surface area contributed by atoms with E-state index in [1.807, 2.05) is 121 Å². The van der Waals surface area contributed by atoms with E-state index in [9.17, 15) is 0 Å². The molecule has 0 saturated carbocycles. The average Bonchev–Trinajstić information content (AvgIpc) is 2.84. The minimum Gasteiger partial charge on any atom is -0.471 e. The summed E-state index contributed by atoms with van der Waals surface area (Å²) in [4.78, 5) is 0. The molecule has 0 atom stereocenters. The van der Waals surface area contributed by atoms with Crippen LogP contribution in [0.5, 0.6) is 11.5 Å². The van der Waals surface area contributed by atoms with E-state index in [2.05, 4.69) is 0 Å². The number of benzene rings is 4. The minimum absolute atomic E-state index is 0.307. The van der Waals surface area contributed by atoms with E-state index in [1.165, 1.54) is 0 Å². The van der Waals surface area contributed by atoms with Gasteiger partial charge in [0.25, 0.3) is 0 Å². The van der Waals surface area contributed by atoms with Crippen molar-refractivity contribution < 1.29 is 17.7 Å². The van der Waals surface area contributed by atoms with Crippen molar-refractivity contribution in [2.24, 2.45) is 0 Å². The number of hydrogen-bond donors (Lipinski definition) is 0. The van der Waals surface area contributed by atoms with Gasteiger partial charge in [-0.15, -0.1) is 0 Å². The molecule has 0 bridgehead atoms. The molecule has 4 aromatic rings. The third-order valence-electron chi connectivity index (χ3n) is 4.49. The highest BCUT2D eigenvalue weighted by molar-refractivity contribution is 6.55. The lowest BCUT2D eigenvalue weighted by molar-refractivity contribution is 0.0293. The maximum atomic E-state index is 6.32. The second kappa shape index (κ2) is 10.6. The summed E-state index contributed by atoms with van der Waals surface area (Å²) in [5.74, 6) is 1.26. The summed E-state index contributed by atoms with van der Waals surface area (Å²) in [7, 11) is -3.64. The van der Waals surface area contributed by atoms with Gasteiger partial charge >= 0.3 is 9.05 Å². The highest BCUT2D eigenvalue weighted by Crippen LogP contribution is 2.24. The minimum atomic E-state index is -3.64. The Morgan fingerprint density at radius 3 is 1.10 bits per heavy atom. The predicted octanol–water partition coefficient (Wildman–Crippen LogP) is 6.01. The van der Waals surface area contributed by atoms with Crippen LogP contribution in [-0.2, 0) is 22.1 Å². The molecule has 0 saturated heterocycles. The lowest BCUT2D eigenvalue weighted by Crippen LogP contribution is -2.54. The number of para-hydroxylation sites is 2. The fourth-order valence-corrected chi connectivity index (χ4v) is 4.84. The van der Waals surface area contributed by atoms with Crippen molar-refractivity contribution in [3.8, 4) is 11.5 Å². The lowest BCUT2D eigenvalue weighted by atomic mass is 10.2. The van der Waals surface area contributed by atoms with Gasteiger partial charge in [-0.05, 0) is 35.4 Å². The monoisotopic (exact) mass is 428 g/mol. The molecule has 0 aliphatic carbocycles.